The Hall–Kier alpha value is -2.25. The van der Waals surface area contributed by atoms with Crippen LogP contribution in [0.4, 0.5) is 5.69 Å². The second-order valence-corrected chi connectivity index (χ2v) is 6.83. The molecule has 1 aliphatic rings. The Morgan fingerprint density at radius 1 is 1.44 bits per heavy atom. The fraction of sp³-hybridized carbons (Fsp3) is 0.474. The molecule has 1 aromatic heterocycles. The maximum absolute atomic E-state index is 12.6. The molecule has 0 radical (unpaired) electrons. The standard InChI is InChI=1S/C19H25N3O4.ClH/c1-4-21-10-14(19(24)25)17(23)13-5-6-15(18(26-3)16(13)21)22-8-7-12(9-22)11(2)20;/h5-6,10-12H,4,7-9,20H2,1-3H3,(H,24,25);1H/t11-,12?;/m0./s1. The minimum absolute atomic E-state index is 0. The largest absolute Gasteiger partial charge is 0.492 e. The lowest BCUT2D eigenvalue weighted by Crippen LogP contribution is -2.30. The summed E-state index contributed by atoms with van der Waals surface area (Å²) in [4.78, 5) is 26.2. The molecule has 1 fully saturated rings. The van der Waals surface area contributed by atoms with Crippen molar-refractivity contribution in [1.29, 1.82) is 0 Å². The molecule has 2 atom stereocenters. The number of ether oxygens (including phenoxy) is 1. The fourth-order valence-electron chi connectivity index (χ4n) is 3.74. The van der Waals surface area contributed by atoms with E-state index in [4.69, 9.17) is 10.5 Å². The number of rotatable bonds is 5. The SMILES string of the molecule is CCn1cc(C(=O)O)c(=O)c2ccc(N3CCC([C@H](C)N)C3)c(OC)c21.Cl. The highest BCUT2D eigenvalue weighted by atomic mass is 35.5. The highest BCUT2D eigenvalue weighted by molar-refractivity contribution is 5.96. The number of carboxylic acid groups (broad SMARTS) is 1. The molecule has 0 saturated carbocycles. The summed E-state index contributed by atoms with van der Waals surface area (Å²) in [7, 11) is 1.58. The number of methoxy groups -OCH3 is 1. The second kappa shape index (κ2) is 8.19. The number of carbonyl (C=O) groups is 1. The van der Waals surface area contributed by atoms with E-state index in [1.807, 2.05) is 19.9 Å². The van der Waals surface area contributed by atoms with Gasteiger partial charge in [-0.3, -0.25) is 4.79 Å². The van der Waals surface area contributed by atoms with E-state index in [2.05, 4.69) is 4.90 Å². The summed E-state index contributed by atoms with van der Waals surface area (Å²) < 4.78 is 7.45. The van der Waals surface area contributed by atoms with Gasteiger partial charge in [-0.2, -0.15) is 0 Å². The van der Waals surface area contributed by atoms with Gasteiger partial charge in [0.2, 0.25) is 5.43 Å². The van der Waals surface area contributed by atoms with E-state index >= 15 is 0 Å². The van der Waals surface area contributed by atoms with Crippen LogP contribution in [0.3, 0.4) is 0 Å². The third-order valence-corrected chi connectivity index (χ3v) is 5.26. The van der Waals surface area contributed by atoms with Gasteiger partial charge >= 0.3 is 5.97 Å². The number of hydrogen-bond donors (Lipinski definition) is 2. The Morgan fingerprint density at radius 2 is 2.15 bits per heavy atom. The Balaban J connectivity index is 0.00000261. The quantitative estimate of drug-likeness (QED) is 0.806. The van der Waals surface area contributed by atoms with Gasteiger partial charge in [0.15, 0.2) is 5.75 Å². The van der Waals surface area contributed by atoms with E-state index in [-0.39, 0.29) is 24.0 Å². The van der Waals surface area contributed by atoms with Crippen LogP contribution in [0.1, 0.15) is 30.6 Å². The predicted molar refractivity (Wildman–Crippen MR) is 109 cm³/mol. The summed E-state index contributed by atoms with van der Waals surface area (Å²) in [6.45, 7) is 6.16. The molecule has 0 aliphatic carbocycles. The second-order valence-electron chi connectivity index (χ2n) is 6.83. The van der Waals surface area contributed by atoms with Crippen LogP contribution in [0.15, 0.2) is 23.1 Å². The van der Waals surface area contributed by atoms with E-state index in [0.29, 0.717) is 29.1 Å². The topological polar surface area (TPSA) is 97.8 Å². The van der Waals surface area contributed by atoms with Crippen molar-refractivity contribution in [3.63, 3.8) is 0 Å². The van der Waals surface area contributed by atoms with Gasteiger partial charge in [-0.05, 0) is 38.3 Å². The van der Waals surface area contributed by atoms with Crippen molar-refractivity contribution >= 4 is 35.0 Å². The molecular formula is C19H26ClN3O4. The molecule has 2 heterocycles. The zero-order valence-electron chi connectivity index (χ0n) is 15.8. The summed E-state index contributed by atoms with van der Waals surface area (Å²) >= 11 is 0. The lowest BCUT2D eigenvalue weighted by Gasteiger charge is -2.24. The molecule has 3 rings (SSSR count). The lowest BCUT2D eigenvalue weighted by molar-refractivity contribution is 0.0695. The summed E-state index contributed by atoms with van der Waals surface area (Å²) in [5, 5.41) is 9.67. The number of nitrogens with zero attached hydrogens (tertiary/aromatic N) is 2. The van der Waals surface area contributed by atoms with Crippen molar-refractivity contribution in [3.8, 4) is 5.75 Å². The molecule has 3 N–H and O–H groups in total. The van der Waals surface area contributed by atoms with E-state index < -0.39 is 11.4 Å². The molecule has 1 saturated heterocycles. The molecule has 1 aromatic carbocycles. The first kappa shape index (κ1) is 21.1. The van der Waals surface area contributed by atoms with Gasteiger partial charge in [0, 0.05) is 31.9 Å². The Bertz CT molecular complexity index is 910. The first-order chi connectivity index (χ1) is 12.4. The van der Waals surface area contributed by atoms with Crippen LogP contribution in [0, 0.1) is 5.92 Å². The van der Waals surface area contributed by atoms with E-state index in [0.717, 1.165) is 25.2 Å². The molecule has 1 aliphatic heterocycles. The Morgan fingerprint density at radius 3 is 2.67 bits per heavy atom. The van der Waals surface area contributed by atoms with Gasteiger partial charge < -0.3 is 25.0 Å². The van der Waals surface area contributed by atoms with Gasteiger partial charge in [-0.25, -0.2) is 4.79 Å². The first-order valence-electron chi connectivity index (χ1n) is 8.87. The van der Waals surface area contributed by atoms with Crippen molar-refractivity contribution in [2.24, 2.45) is 11.7 Å². The fourth-order valence-corrected chi connectivity index (χ4v) is 3.74. The van der Waals surface area contributed by atoms with Gasteiger partial charge in [0.05, 0.1) is 23.7 Å². The molecule has 8 heteroatoms. The average Bonchev–Trinajstić information content (AvgIpc) is 3.11. The molecule has 0 bridgehead atoms. The van der Waals surface area contributed by atoms with Gasteiger partial charge in [-0.15, -0.1) is 12.4 Å². The summed E-state index contributed by atoms with van der Waals surface area (Å²) in [5.74, 6) is -0.205. The third-order valence-electron chi connectivity index (χ3n) is 5.26. The van der Waals surface area contributed by atoms with E-state index in [9.17, 15) is 14.7 Å². The number of carboxylic acids is 1. The van der Waals surface area contributed by atoms with Gasteiger partial charge in [0.1, 0.15) is 5.56 Å². The third kappa shape index (κ3) is 3.61. The van der Waals surface area contributed by atoms with Crippen molar-refractivity contribution < 1.29 is 14.6 Å². The maximum atomic E-state index is 12.6. The van der Waals surface area contributed by atoms with Crippen molar-refractivity contribution in [2.75, 3.05) is 25.1 Å². The molecule has 1 unspecified atom stereocenters. The highest BCUT2D eigenvalue weighted by Gasteiger charge is 2.28. The highest BCUT2D eigenvalue weighted by Crippen LogP contribution is 2.38. The molecule has 0 amide bonds. The number of aromatic carboxylic acids is 1. The number of halogens is 1. The normalized spacial score (nSPS) is 17.6. The first-order valence-corrected chi connectivity index (χ1v) is 8.87. The van der Waals surface area contributed by atoms with Gasteiger partial charge in [-0.1, -0.05) is 0 Å². The number of anilines is 1. The molecular weight excluding hydrogens is 370 g/mol. The smallest absolute Gasteiger partial charge is 0.341 e. The lowest BCUT2D eigenvalue weighted by atomic mass is 10.0. The van der Waals surface area contributed by atoms with Crippen LogP contribution in [0.25, 0.3) is 10.9 Å². The van der Waals surface area contributed by atoms with Crippen LogP contribution >= 0.6 is 12.4 Å². The zero-order valence-corrected chi connectivity index (χ0v) is 16.6. The van der Waals surface area contributed by atoms with E-state index in [1.165, 1.54) is 6.20 Å². The molecule has 0 spiro atoms. The van der Waals surface area contributed by atoms with E-state index in [1.54, 1.807) is 17.7 Å². The number of benzene rings is 1. The molecule has 27 heavy (non-hydrogen) atoms. The number of hydrogen-bond acceptors (Lipinski definition) is 5. The van der Waals surface area contributed by atoms with Crippen molar-refractivity contribution in [3.05, 3.63) is 34.1 Å². The monoisotopic (exact) mass is 395 g/mol. The van der Waals surface area contributed by atoms with Crippen LogP contribution in [0.5, 0.6) is 5.75 Å². The van der Waals surface area contributed by atoms with Crippen LogP contribution in [-0.4, -0.2) is 41.9 Å². The average molecular weight is 396 g/mol. The molecule has 2 aromatic rings. The van der Waals surface area contributed by atoms with Crippen LogP contribution < -0.4 is 20.8 Å². The number of fused-ring (bicyclic) bond motifs is 1. The minimum Gasteiger partial charge on any atom is -0.492 e. The number of aryl methyl sites for hydroxylation is 1. The number of pyridine rings is 1. The number of aromatic nitrogens is 1. The van der Waals surface area contributed by atoms with Crippen molar-refractivity contribution in [1.82, 2.24) is 4.57 Å². The zero-order chi connectivity index (χ0) is 19.0. The van der Waals surface area contributed by atoms with Crippen LogP contribution in [-0.2, 0) is 6.54 Å². The van der Waals surface area contributed by atoms with Crippen molar-refractivity contribution in [2.45, 2.75) is 32.9 Å². The summed E-state index contributed by atoms with van der Waals surface area (Å²) in [6.07, 6.45) is 2.41. The van der Waals surface area contributed by atoms with Gasteiger partial charge in [0.25, 0.3) is 0 Å². The number of nitrogens with two attached hydrogens (primary N) is 1. The molecule has 148 valence electrons. The Kier molecular flexibility index (Phi) is 6.38. The molecule has 7 nitrogen and oxygen atoms in total. The summed E-state index contributed by atoms with van der Waals surface area (Å²) in [5.41, 5.74) is 6.87. The van der Waals surface area contributed by atoms with Crippen LogP contribution in [0.2, 0.25) is 0 Å². The maximum Gasteiger partial charge on any atom is 0.341 e. The summed E-state index contributed by atoms with van der Waals surface area (Å²) in [6, 6.07) is 3.67. The predicted octanol–water partition coefficient (Wildman–Crippen LogP) is 2.32. The Labute approximate surface area is 164 Å². The minimum atomic E-state index is -1.22.